The van der Waals surface area contributed by atoms with Crippen molar-refractivity contribution in [2.45, 2.75) is 12.8 Å². The molecule has 0 unspecified atom stereocenters. The molecule has 3 aromatic rings. The number of anilines is 1. The maximum atomic E-state index is 12.4. The van der Waals surface area contributed by atoms with E-state index in [1.807, 2.05) is 42.5 Å². The fourth-order valence-corrected chi connectivity index (χ4v) is 3.76. The van der Waals surface area contributed by atoms with E-state index in [2.05, 4.69) is 4.72 Å². The van der Waals surface area contributed by atoms with Crippen molar-refractivity contribution in [3.63, 3.8) is 0 Å². The number of aryl methyl sites for hydroxylation is 2. The van der Waals surface area contributed by atoms with Gasteiger partial charge in [0.25, 0.3) is 10.0 Å². The molecule has 2 N–H and O–H groups in total. The number of aromatic carboxylic acids is 1. The zero-order valence-electron chi connectivity index (χ0n) is 15.7. The van der Waals surface area contributed by atoms with Crippen LogP contribution >= 0.6 is 0 Å². The first-order valence-electron chi connectivity index (χ1n) is 9.09. The van der Waals surface area contributed by atoms with Crippen LogP contribution in [0, 0.1) is 0 Å². The lowest BCUT2D eigenvalue weighted by Crippen LogP contribution is -2.11. The van der Waals surface area contributed by atoms with E-state index in [1.54, 1.807) is 42.5 Å². The molecule has 0 aliphatic carbocycles. The standard InChI is InChI=1S/C23H21NO4S/c25-23(26)21-14-11-19(12-15-21)10-13-20-8-4-5-9-22(20)24-29(27,28)17-16-18-6-2-1-3-7-18/h1-9,11-12,14-17,24H,10,13H2,(H,25,26). The second-order valence-electron chi connectivity index (χ2n) is 6.52. The van der Waals surface area contributed by atoms with Gasteiger partial charge in [0.2, 0.25) is 0 Å². The summed E-state index contributed by atoms with van der Waals surface area (Å²) in [4.78, 5) is 10.9. The number of para-hydroxylation sites is 1. The van der Waals surface area contributed by atoms with Crippen LogP contribution in [-0.2, 0) is 22.9 Å². The third-order valence-electron chi connectivity index (χ3n) is 4.39. The summed E-state index contributed by atoms with van der Waals surface area (Å²) in [5.74, 6) is -0.958. The fraction of sp³-hybridized carbons (Fsp3) is 0.0870. The lowest BCUT2D eigenvalue weighted by molar-refractivity contribution is 0.0697. The van der Waals surface area contributed by atoms with Crippen molar-refractivity contribution < 1.29 is 18.3 Å². The van der Waals surface area contributed by atoms with Gasteiger partial charge in [0.1, 0.15) is 0 Å². The molecule has 29 heavy (non-hydrogen) atoms. The molecule has 148 valence electrons. The summed E-state index contributed by atoms with van der Waals surface area (Å²) in [5.41, 5.74) is 3.43. The highest BCUT2D eigenvalue weighted by Gasteiger charge is 2.10. The van der Waals surface area contributed by atoms with Gasteiger partial charge in [-0.3, -0.25) is 4.72 Å². The predicted octanol–water partition coefficient (Wildman–Crippen LogP) is 4.58. The van der Waals surface area contributed by atoms with Gasteiger partial charge in [-0.15, -0.1) is 0 Å². The maximum absolute atomic E-state index is 12.4. The van der Waals surface area contributed by atoms with Crippen LogP contribution in [0.25, 0.3) is 6.08 Å². The lowest BCUT2D eigenvalue weighted by atomic mass is 10.0. The fourth-order valence-electron chi connectivity index (χ4n) is 2.85. The SMILES string of the molecule is O=C(O)c1ccc(CCc2ccccc2NS(=O)(=O)C=Cc2ccccc2)cc1. The van der Waals surface area contributed by atoms with Crippen molar-refractivity contribution in [2.75, 3.05) is 4.72 Å². The van der Waals surface area contributed by atoms with Crippen molar-refractivity contribution in [1.82, 2.24) is 0 Å². The van der Waals surface area contributed by atoms with E-state index >= 15 is 0 Å². The molecule has 5 nitrogen and oxygen atoms in total. The number of hydrogen-bond donors (Lipinski definition) is 2. The zero-order chi connectivity index (χ0) is 20.7. The number of nitrogens with one attached hydrogen (secondary N) is 1. The van der Waals surface area contributed by atoms with Crippen LogP contribution in [-0.4, -0.2) is 19.5 Å². The quantitative estimate of drug-likeness (QED) is 0.572. The van der Waals surface area contributed by atoms with Crippen LogP contribution in [0.15, 0.2) is 84.3 Å². The van der Waals surface area contributed by atoms with Crippen LogP contribution in [0.4, 0.5) is 5.69 Å². The first-order chi connectivity index (χ1) is 13.9. The maximum Gasteiger partial charge on any atom is 0.335 e. The largest absolute Gasteiger partial charge is 0.478 e. The molecular formula is C23H21NO4S. The smallest absolute Gasteiger partial charge is 0.335 e. The molecular weight excluding hydrogens is 386 g/mol. The van der Waals surface area contributed by atoms with E-state index in [-0.39, 0.29) is 5.56 Å². The van der Waals surface area contributed by atoms with Crippen molar-refractivity contribution in [2.24, 2.45) is 0 Å². The summed E-state index contributed by atoms with van der Waals surface area (Å²) < 4.78 is 27.5. The van der Waals surface area contributed by atoms with E-state index in [0.717, 1.165) is 22.1 Å². The molecule has 0 bridgehead atoms. The molecule has 3 aromatic carbocycles. The van der Waals surface area contributed by atoms with Gasteiger partial charge in [-0.1, -0.05) is 60.7 Å². The van der Waals surface area contributed by atoms with Crippen LogP contribution in [0.1, 0.15) is 27.0 Å². The molecule has 0 amide bonds. The molecule has 0 radical (unpaired) electrons. The van der Waals surface area contributed by atoms with E-state index in [0.29, 0.717) is 18.5 Å². The molecule has 0 fully saturated rings. The third kappa shape index (κ3) is 6.05. The number of hydrogen-bond acceptors (Lipinski definition) is 3. The Kier molecular flexibility index (Phi) is 6.46. The van der Waals surface area contributed by atoms with Gasteiger partial charge in [-0.2, -0.15) is 0 Å². The van der Waals surface area contributed by atoms with E-state index in [1.165, 1.54) is 0 Å². The van der Waals surface area contributed by atoms with Gasteiger partial charge in [-0.05, 0) is 53.8 Å². The third-order valence-corrected chi connectivity index (χ3v) is 5.39. The van der Waals surface area contributed by atoms with Crippen molar-refractivity contribution >= 4 is 27.8 Å². The minimum Gasteiger partial charge on any atom is -0.478 e. The predicted molar refractivity (Wildman–Crippen MR) is 115 cm³/mol. The molecule has 0 saturated heterocycles. The van der Waals surface area contributed by atoms with Crippen molar-refractivity contribution in [1.29, 1.82) is 0 Å². The Morgan fingerprint density at radius 2 is 1.52 bits per heavy atom. The van der Waals surface area contributed by atoms with Crippen molar-refractivity contribution in [3.05, 3.63) is 107 Å². The summed E-state index contributed by atoms with van der Waals surface area (Å²) in [5, 5.41) is 10.1. The molecule has 0 heterocycles. The molecule has 0 aliphatic rings. The van der Waals surface area contributed by atoms with Gasteiger partial charge < -0.3 is 5.11 Å². The Morgan fingerprint density at radius 3 is 2.21 bits per heavy atom. The van der Waals surface area contributed by atoms with Crippen molar-refractivity contribution in [3.8, 4) is 0 Å². The van der Waals surface area contributed by atoms with Crippen LogP contribution < -0.4 is 4.72 Å². The van der Waals surface area contributed by atoms with Crippen LogP contribution in [0.3, 0.4) is 0 Å². The molecule has 0 aliphatic heterocycles. The molecule has 3 rings (SSSR count). The number of benzene rings is 3. The Morgan fingerprint density at radius 1 is 0.862 bits per heavy atom. The van der Waals surface area contributed by atoms with E-state index < -0.39 is 16.0 Å². The topological polar surface area (TPSA) is 83.5 Å². The highest BCUT2D eigenvalue weighted by Crippen LogP contribution is 2.20. The Hall–Kier alpha value is -3.38. The average molecular weight is 407 g/mol. The summed E-state index contributed by atoms with van der Waals surface area (Å²) >= 11 is 0. The first kappa shape index (κ1) is 20.4. The number of rotatable bonds is 8. The van der Waals surface area contributed by atoms with E-state index in [9.17, 15) is 13.2 Å². The monoisotopic (exact) mass is 407 g/mol. The number of carboxylic acid groups (broad SMARTS) is 1. The molecule has 0 aromatic heterocycles. The summed E-state index contributed by atoms with van der Waals surface area (Å²) in [6.45, 7) is 0. The van der Waals surface area contributed by atoms with Gasteiger partial charge in [0, 0.05) is 0 Å². The summed E-state index contributed by atoms with van der Waals surface area (Å²) in [6, 6.07) is 23.2. The summed E-state index contributed by atoms with van der Waals surface area (Å²) in [6.07, 6.45) is 2.83. The Bertz CT molecular complexity index is 1110. The molecule has 0 atom stereocenters. The van der Waals surface area contributed by atoms with Crippen LogP contribution in [0.2, 0.25) is 0 Å². The number of carboxylic acids is 1. The average Bonchev–Trinajstić information content (AvgIpc) is 2.72. The van der Waals surface area contributed by atoms with Gasteiger partial charge in [-0.25, -0.2) is 13.2 Å². The highest BCUT2D eigenvalue weighted by atomic mass is 32.2. The highest BCUT2D eigenvalue weighted by molar-refractivity contribution is 7.95. The lowest BCUT2D eigenvalue weighted by Gasteiger charge is -2.11. The molecule has 0 spiro atoms. The van der Waals surface area contributed by atoms with Crippen LogP contribution in [0.5, 0.6) is 0 Å². The molecule has 6 heteroatoms. The Balaban J connectivity index is 1.69. The van der Waals surface area contributed by atoms with Gasteiger partial charge >= 0.3 is 5.97 Å². The normalized spacial score (nSPS) is 11.4. The minimum atomic E-state index is -3.65. The van der Waals surface area contributed by atoms with Gasteiger partial charge in [0.15, 0.2) is 0 Å². The second-order valence-corrected chi connectivity index (χ2v) is 8.09. The Labute approximate surface area is 170 Å². The van der Waals surface area contributed by atoms with E-state index in [4.69, 9.17) is 5.11 Å². The minimum absolute atomic E-state index is 0.243. The second kappa shape index (κ2) is 9.21. The first-order valence-corrected chi connectivity index (χ1v) is 10.6. The zero-order valence-corrected chi connectivity index (χ0v) is 16.5. The number of carbonyl (C=O) groups is 1. The van der Waals surface area contributed by atoms with Gasteiger partial charge in [0.05, 0.1) is 16.7 Å². The number of sulfonamides is 1. The molecule has 0 saturated carbocycles. The summed E-state index contributed by atoms with van der Waals surface area (Å²) in [7, 11) is -3.65.